The van der Waals surface area contributed by atoms with Crippen LogP contribution in [0.5, 0.6) is 0 Å². The van der Waals surface area contributed by atoms with Crippen molar-refractivity contribution in [3.63, 3.8) is 0 Å². The van der Waals surface area contributed by atoms with Gasteiger partial charge in [-0.15, -0.1) is 0 Å². The first kappa shape index (κ1) is 23.4. The van der Waals surface area contributed by atoms with Crippen molar-refractivity contribution in [3.05, 3.63) is 65.7 Å². The topological polar surface area (TPSA) is 86.8 Å². The number of likely N-dealkylation sites (N-methyl/N-ethyl adjacent to an activating group) is 1. The predicted molar refractivity (Wildman–Crippen MR) is 119 cm³/mol. The van der Waals surface area contributed by atoms with Gasteiger partial charge in [0.2, 0.25) is 21.8 Å². The average molecular weight is 432 g/mol. The third kappa shape index (κ3) is 6.06. The van der Waals surface area contributed by atoms with Gasteiger partial charge in [0.05, 0.1) is 11.9 Å². The Morgan fingerprint density at radius 3 is 2.27 bits per heavy atom. The summed E-state index contributed by atoms with van der Waals surface area (Å²) in [4.78, 5) is 27.2. The maximum Gasteiger partial charge on any atom is 0.244 e. The number of benzene rings is 2. The van der Waals surface area contributed by atoms with Crippen LogP contribution < -0.4 is 9.62 Å². The summed E-state index contributed by atoms with van der Waals surface area (Å²) < 4.78 is 26.0. The number of rotatable bonds is 9. The van der Waals surface area contributed by atoms with Gasteiger partial charge in [-0.05, 0) is 36.6 Å². The Morgan fingerprint density at radius 1 is 1.07 bits per heavy atom. The van der Waals surface area contributed by atoms with E-state index in [-0.39, 0.29) is 19.0 Å². The summed E-state index contributed by atoms with van der Waals surface area (Å²) in [5.41, 5.74) is 2.15. The number of aryl methyl sites for hydroxylation is 1. The molecule has 2 amide bonds. The van der Waals surface area contributed by atoms with Gasteiger partial charge in [-0.2, -0.15) is 0 Å². The van der Waals surface area contributed by atoms with E-state index in [4.69, 9.17) is 0 Å². The summed E-state index contributed by atoms with van der Waals surface area (Å²) in [5.74, 6) is -0.732. The first-order valence-electron chi connectivity index (χ1n) is 9.76. The number of hydrogen-bond acceptors (Lipinski definition) is 4. The van der Waals surface area contributed by atoms with Crippen LogP contribution >= 0.6 is 0 Å². The van der Waals surface area contributed by atoms with Crippen molar-refractivity contribution >= 4 is 27.5 Å². The number of hydrogen-bond donors (Lipinski definition) is 1. The second kappa shape index (κ2) is 10.2. The van der Waals surface area contributed by atoms with Crippen molar-refractivity contribution in [3.8, 4) is 0 Å². The Bertz CT molecular complexity index is 977. The van der Waals surface area contributed by atoms with Crippen LogP contribution in [0.25, 0.3) is 0 Å². The van der Waals surface area contributed by atoms with Crippen LogP contribution in [0.15, 0.2) is 54.6 Å². The zero-order valence-electron chi connectivity index (χ0n) is 17.8. The van der Waals surface area contributed by atoms with E-state index < -0.39 is 22.0 Å². The van der Waals surface area contributed by atoms with Gasteiger partial charge in [0.25, 0.3) is 0 Å². The minimum atomic E-state index is -3.71. The summed E-state index contributed by atoms with van der Waals surface area (Å²) in [6.07, 6.45) is 1.47. The monoisotopic (exact) mass is 431 g/mol. The molecule has 0 saturated carbocycles. The van der Waals surface area contributed by atoms with E-state index >= 15 is 0 Å². The zero-order valence-corrected chi connectivity index (χ0v) is 18.6. The summed E-state index contributed by atoms with van der Waals surface area (Å²) in [6.45, 7) is 3.49. The van der Waals surface area contributed by atoms with Crippen molar-refractivity contribution in [1.29, 1.82) is 0 Å². The van der Waals surface area contributed by atoms with Gasteiger partial charge in [0, 0.05) is 13.6 Å². The molecule has 0 aliphatic carbocycles. The van der Waals surface area contributed by atoms with E-state index in [2.05, 4.69) is 5.32 Å². The molecule has 7 nitrogen and oxygen atoms in total. The lowest BCUT2D eigenvalue weighted by atomic mass is 10.1. The number of anilines is 1. The van der Waals surface area contributed by atoms with Crippen LogP contribution in [-0.4, -0.2) is 51.0 Å². The molecule has 0 radical (unpaired) electrons. The first-order valence-corrected chi connectivity index (χ1v) is 11.6. The Kier molecular flexibility index (Phi) is 8.00. The smallest absolute Gasteiger partial charge is 0.244 e. The molecule has 0 aromatic heterocycles. The molecular weight excluding hydrogens is 402 g/mol. The van der Waals surface area contributed by atoms with Crippen LogP contribution in [0.3, 0.4) is 0 Å². The zero-order chi connectivity index (χ0) is 22.3. The van der Waals surface area contributed by atoms with Gasteiger partial charge in [-0.1, -0.05) is 49.4 Å². The number of carbonyl (C=O) groups excluding carboxylic acids is 2. The standard InChI is InChI=1S/C22H29N3O4S/c1-5-20(22(27)23-3)24(15-18-11-7-6-8-12-18)21(26)16-25(30(4,28)29)19-13-9-10-17(2)14-19/h6-14,20H,5,15-16H2,1-4H3,(H,23,27)/t20-/m1/s1. The molecule has 8 heteroatoms. The van der Waals surface area contributed by atoms with Gasteiger partial charge in [-0.3, -0.25) is 13.9 Å². The SMILES string of the molecule is CC[C@H](C(=O)NC)N(Cc1ccccc1)C(=O)CN(c1cccc(C)c1)S(C)(=O)=O. The Labute approximate surface area is 178 Å². The van der Waals surface area contributed by atoms with E-state index in [9.17, 15) is 18.0 Å². The summed E-state index contributed by atoms with van der Waals surface area (Å²) >= 11 is 0. The molecular formula is C22H29N3O4S. The lowest BCUT2D eigenvalue weighted by Gasteiger charge is -2.32. The van der Waals surface area contributed by atoms with Crippen LogP contribution in [-0.2, 0) is 26.2 Å². The molecule has 2 rings (SSSR count). The summed E-state index contributed by atoms with van der Waals surface area (Å²) in [7, 11) is -2.19. The molecule has 0 aliphatic heterocycles. The normalized spacial score (nSPS) is 12.1. The first-order chi connectivity index (χ1) is 14.2. The molecule has 2 aromatic rings. The van der Waals surface area contributed by atoms with E-state index in [0.717, 1.165) is 21.7 Å². The van der Waals surface area contributed by atoms with Gasteiger partial charge >= 0.3 is 0 Å². The van der Waals surface area contributed by atoms with Crippen molar-refractivity contribution in [2.75, 3.05) is 24.2 Å². The third-order valence-corrected chi connectivity index (χ3v) is 5.94. The van der Waals surface area contributed by atoms with Crippen molar-refractivity contribution in [1.82, 2.24) is 10.2 Å². The quantitative estimate of drug-likeness (QED) is 0.660. The van der Waals surface area contributed by atoms with Gasteiger partial charge in [0.15, 0.2) is 0 Å². The highest BCUT2D eigenvalue weighted by Gasteiger charge is 2.31. The molecule has 0 bridgehead atoms. The maximum absolute atomic E-state index is 13.3. The predicted octanol–water partition coefficient (Wildman–Crippen LogP) is 2.31. The lowest BCUT2D eigenvalue weighted by Crippen LogP contribution is -2.51. The fourth-order valence-electron chi connectivity index (χ4n) is 3.26. The molecule has 1 atom stereocenters. The molecule has 0 aliphatic rings. The molecule has 0 spiro atoms. The van der Waals surface area contributed by atoms with E-state index in [1.807, 2.05) is 50.2 Å². The molecule has 2 aromatic carbocycles. The Hall–Kier alpha value is -2.87. The molecule has 0 heterocycles. The highest BCUT2D eigenvalue weighted by molar-refractivity contribution is 7.92. The highest BCUT2D eigenvalue weighted by atomic mass is 32.2. The second-order valence-corrected chi connectivity index (χ2v) is 9.06. The van der Waals surface area contributed by atoms with Crippen LogP contribution in [0, 0.1) is 6.92 Å². The lowest BCUT2D eigenvalue weighted by molar-refractivity contribution is -0.140. The fourth-order valence-corrected chi connectivity index (χ4v) is 4.10. The van der Waals surface area contributed by atoms with E-state index in [1.165, 1.54) is 11.9 Å². The van der Waals surface area contributed by atoms with Crippen molar-refractivity contribution < 1.29 is 18.0 Å². The fraction of sp³-hybridized carbons (Fsp3) is 0.364. The number of nitrogens with zero attached hydrogens (tertiary/aromatic N) is 2. The summed E-state index contributed by atoms with van der Waals surface area (Å²) in [5, 5.41) is 2.60. The van der Waals surface area contributed by atoms with Crippen molar-refractivity contribution in [2.24, 2.45) is 0 Å². The third-order valence-electron chi connectivity index (χ3n) is 4.80. The molecule has 30 heavy (non-hydrogen) atoms. The molecule has 1 N–H and O–H groups in total. The molecule has 162 valence electrons. The molecule has 0 unspecified atom stereocenters. The van der Waals surface area contributed by atoms with Crippen LogP contribution in [0.1, 0.15) is 24.5 Å². The van der Waals surface area contributed by atoms with Crippen LogP contribution in [0.2, 0.25) is 0 Å². The van der Waals surface area contributed by atoms with E-state index in [1.54, 1.807) is 18.2 Å². The summed E-state index contributed by atoms with van der Waals surface area (Å²) in [6, 6.07) is 15.6. The Morgan fingerprint density at radius 2 is 1.73 bits per heavy atom. The second-order valence-electron chi connectivity index (χ2n) is 7.15. The van der Waals surface area contributed by atoms with E-state index in [0.29, 0.717) is 12.1 Å². The number of nitrogens with one attached hydrogen (secondary N) is 1. The van der Waals surface area contributed by atoms with Gasteiger partial charge in [-0.25, -0.2) is 8.42 Å². The van der Waals surface area contributed by atoms with Gasteiger partial charge in [0.1, 0.15) is 12.6 Å². The Balaban J connectivity index is 2.40. The minimum absolute atomic E-state index is 0.205. The highest BCUT2D eigenvalue weighted by Crippen LogP contribution is 2.20. The minimum Gasteiger partial charge on any atom is -0.357 e. The number of amides is 2. The largest absolute Gasteiger partial charge is 0.357 e. The average Bonchev–Trinajstić information content (AvgIpc) is 2.71. The molecule has 0 fully saturated rings. The maximum atomic E-state index is 13.3. The number of carbonyl (C=O) groups is 2. The molecule has 0 saturated heterocycles. The number of sulfonamides is 1. The van der Waals surface area contributed by atoms with Crippen LogP contribution in [0.4, 0.5) is 5.69 Å². The van der Waals surface area contributed by atoms with Crippen molar-refractivity contribution in [2.45, 2.75) is 32.9 Å². The van der Waals surface area contributed by atoms with Gasteiger partial charge < -0.3 is 10.2 Å².